The fourth-order valence-electron chi connectivity index (χ4n) is 1.48. The zero-order chi connectivity index (χ0) is 12.2. The Labute approximate surface area is 92.4 Å². The Morgan fingerprint density at radius 2 is 1.94 bits per heavy atom. The summed E-state index contributed by atoms with van der Waals surface area (Å²) in [5.41, 5.74) is 3.76. The first-order valence-corrected chi connectivity index (χ1v) is 5.04. The molecule has 90 valence electrons. The van der Waals surface area contributed by atoms with E-state index in [0.29, 0.717) is 12.8 Å². The molecule has 7 heteroatoms. The molecule has 5 N–H and O–H groups in total. The second-order valence-electron chi connectivity index (χ2n) is 3.84. The van der Waals surface area contributed by atoms with Crippen molar-refractivity contribution in [3.05, 3.63) is 0 Å². The Bertz CT molecular complexity index is 312. The topological polar surface area (TPSA) is 122 Å². The molecule has 1 aliphatic carbocycles. The van der Waals surface area contributed by atoms with Crippen LogP contribution in [0.3, 0.4) is 0 Å². The molecular formula is C9H15N3O4. The highest BCUT2D eigenvalue weighted by Gasteiger charge is 2.45. The van der Waals surface area contributed by atoms with E-state index < -0.39 is 23.4 Å². The van der Waals surface area contributed by atoms with Gasteiger partial charge in [-0.25, -0.2) is 9.59 Å². The molecule has 1 saturated carbocycles. The first-order chi connectivity index (χ1) is 7.46. The summed E-state index contributed by atoms with van der Waals surface area (Å²) in [7, 11) is 0. The normalized spacial score (nSPS) is 17.0. The number of carboxylic acids is 1. The van der Waals surface area contributed by atoms with Gasteiger partial charge in [-0.3, -0.25) is 4.79 Å². The average Bonchev–Trinajstić information content (AvgIpc) is 2.10. The standard InChI is InChI=1S/C9H15N3O4/c10-6(13)2-5-11-8(16)12-9(7(14)15)3-1-4-9/h1-5H2,(H2,10,13)(H,14,15)(H2,11,12,16). The number of aliphatic carboxylic acids is 1. The van der Waals surface area contributed by atoms with Crippen molar-refractivity contribution in [1.82, 2.24) is 10.6 Å². The summed E-state index contributed by atoms with van der Waals surface area (Å²) in [6, 6.07) is -0.580. The SMILES string of the molecule is NC(=O)CCNC(=O)NC1(C(=O)O)CCC1. The molecule has 1 aliphatic rings. The highest BCUT2D eigenvalue weighted by molar-refractivity contribution is 5.87. The lowest BCUT2D eigenvalue weighted by molar-refractivity contribution is -0.148. The number of hydrogen-bond acceptors (Lipinski definition) is 3. The summed E-state index contributed by atoms with van der Waals surface area (Å²) in [6.07, 6.45) is 1.69. The van der Waals surface area contributed by atoms with Crippen molar-refractivity contribution in [3.8, 4) is 0 Å². The number of rotatable bonds is 5. The average molecular weight is 229 g/mol. The molecule has 0 bridgehead atoms. The summed E-state index contributed by atoms with van der Waals surface area (Å²) in [5, 5.41) is 13.7. The number of carbonyl (C=O) groups is 3. The number of nitrogens with two attached hydrogens (primary N) is 1. The second kappa shape index (κ2) is 4.82. The molecule has 1 rings (SSSR count). The number of nitrogens with one attached hydrogen (secondary N) is 2. The molecule has 3 amide bonds. The summed E-state index contributed by atoms with van der Waals surface area (Å²) >= 11 is 0. The Morgan fingerprint density at radius 1 is 1.31 bits per heavy atom. The Morgan fingerprint density at radius 3 is 2.31 bits per heavy atom. The van der Waals surface area contributed by atoms with Gasteiger partial charge < -0.3 is 21.5 Å². The molecule has 0 unspecified atom stereocenters. The molecule has 0 aliphatic heterocycles. The van der Waals surface area contributed by atoms with Gasteiger partial charge in [-0.1, -0.05) is 0 Å². The van der Waals surface area contributed by atoms with E-state index in [4.69, 9.17) is 10.8 Å². The molecule has 0 radical (unpaired) electrons. The van der Waals surface area contributed by atoms with Crippen molar-refractivity contribution in [2.24, 2.45) is 5.73 Å². The Hall–Kier alpha value is -1.79. The van der Waals surface area contributed by atoms with E-state index in [-0.39, 0.29) is 13.0 Å². The van der Waals surface area contributed by atoms with Crippen molar-refractivity contribution < 1.29 is 19.5 Å². The lowest BCUT2D eigenvalue weighted by Gasteiger charge is -2.38. The molecule has 0 atom stereocenters. The fraction of sp³-hybridized carbons (Fsp3) is 0.667. The maximum atomic E-state index is 11.3. The highest BCUT2D eigenvalue weighted by Crippen LogP contribution is 2.31. The van der Waals surface area contributed by atoms with E-state index in [1.54, 1.807) is 0 Å². The molecule has 0 spiro atoms. The second-order valence-corrected chi connectivity index (χ2v) is 3.84. The molecule has 1 fully saturated rings. The molecule has 0 aromatic carbocycles. The Balaban J connectivity index is 2.33. The number of primary amides is 1. The van der Waals surface area contributed by atoms with Crippen LogP contribution in [0, 0.1) is 0 Å². The van der Waals surface area contributed by atoms with E-state index in [1.807, 2.05) is 0 Å². The third kappa shape index (κ3) is 2.85. The third-order valence-corrected chi connectivity index (χ3v) is 2.63. The largest absolute Gasteiger partial charge is 0.480 e. The molecule has 16 heavy (non-hydrogen) atoms. The first kappa shape index (κ1) is 12.3. The predicted octanol–water partition coefficient (Wildman–Crippen LogP) is -0.832. The van der Waals surface area contributed by atoms with Crippen LogP contribution in [-0.4, -0.2) is 35.1 Å². The van der Waals surface area contributed by atoms with Gasteiger partial charge in [0.15, 0.2) is 0 Å². The van der Waals surface area contributed by atoms with Gasteiger partial charge in [0.1, 0.15) is 5.54 Å². The van der Waals surface area contributed by atoms with Crippen LogP contribution < -0.4 is 16.4 Å². The minimum absolute atomic E-state index is 0.0352. The lowest BCUT2D eigenvalue weighted by Crippen LogP contribution is -2.61. The van der Waals surface area contributed by atoms with E-state index in [9.17, 15) is 14.4 Å². The molecular weight excluding hydrogens is 214 g/mol. The van der Waals surface area contributed by atoms with Gasteiger partial charge >= 0.3 is 12.0 Å². The third-order valence-electron chi connectivity index (χ3n) is 2.63. The minimum atomic E-state index is -1.13. The van der Waals surface area contributed by atoms with E-state index in [2.05, 4.69) is 10.6 Å². The number of carboxylic acid groups (broad SMARTS) is 1. The highest BCUT2D eigenvalue weighted by atomic mass is 16.4. The van der Waals surface area contributed by atoms with Crippen LogP contribution in [0.2, 0.25) is 0 Å². The minimum Gasteiger partial charge on any atom is -0.480 e. The van der Waals surface area contributed by atoms with Crippen molar-refractivity contribution in [2.45, 2.75) is 31.2 Å². The van der Waals surface area contributed by atoms with E-state index in [0.717, 1.165) is 6.42 Å². The molecule has 0 heterocycles. The van der Waals surface area contributed by atoms with Gasteiger partial charge in [0.2, 0.25) is 5.91 Å². The molecule has 7 nitrogen and oxygen atoms in total. The van der Waals surface area contributed by atoms with E-state index >= 15 is 0 Å². The maximum absolute atomic E-state index is 11.3. The zero-order valence-electron chi connectivity index (χ0n) is 8.78. The first-order valence-electron chi connectivity index (χ1n) is 5.04. The summed E-state index contributed by atoms with van der Waals surface area (Å²) in [4.78, 5) is 32.6. The maximum Gasteiger partial charge on any atom is 0.329 e. The summed E-state index contributed by atoms with van der Waals surface area (Å²) in [5.74, 6) is -1.54. The van der Waals surface area contributed by atoms with Gasteiger partial charge in [0.05, 0.1) is 0 Å². The van der Waals surface area contributed by atoms with Gasteiger partial charge in [-0.15, -0.1) is 0 Å². The number of carbonyl (C=O) groups excluding carboxylic acids is 2. The number of urea groups is 1. The predicted molar refractivity (Wildman–Crippen MR) is 54.6 cm³/mol. The summed E-state index contributed by atoms with van der Waals surface area (Å²) < 4.78 is 0. The summed E-state index contributed by atoms with van der Waals surface area (Å²) in [6.45, 7) is 0.108. The fourth-order valence-corrected chi connectivity index (χ4v) is 1.48. The van der Waals surface area contributed by atoms with Crippen molar-refractivity contribution in [3.63, 3.8) is 0 Å². The van der Waals surface area contributed by atoms with E-state index in [1.165, 1.54) is 0 Å². The number of amides is 3. The van der Waals surface area contributed by atoms with Crippen LogP contribution in [0.25, 0.3) is 0 Å². The van der Waals surface area contributed by atoms with Gasteiger partial charge in [0, 0.05) is 13.0 Å². The number of hydrogen-bond donors (Lipinski definition) is 4. The monoisotopic (exact) mass is 229 g/mol. The van der Waals surface area contributed by atoms with Gasteiger partial charge in [0.25, 0.3) is 0 Å². The van der Waals surface area contributed by atoms with Crippen molar-refractivity contribution >= 4 is 17.9 Å². The smallest absolute Gasteiger partial charge is 0.329 e. The molecule has 0 saturated heterocycles. The van der Waals surface area contributed by atoms with Crippen LogP contribution in [0.4, 0.5) is 4.79 Å². The van der Waals surface area contributed by atoms with Crippen LogP contribution in [0.15, 0.2) is 0 Å². The van der Waals surface area contributed by atoms with Crippen LogP contribution in [0.5, 0.6) is 0 Å². The van der Waals surface area contributed by atoms with Crippen LogP contribution in [0.1, 0.15) is 25.7 Å². The molecule has 0 aromatic heterocycles. The van der Waals surface area contributed by atoms with Gasteiger partial charge in [-0.2, -0.15) is 0 Å². The molecule has 0 aromatic rings. The lowest BCUT2D eigenvalue weighted by atomic mass is 9.77. The van der Waals surface area contributed by atoms with Crippen molar-refractivity contribution in [2.75, 3.05) is 6.54 Å². The Kier molecular flexibility index (Phi) is 3.70. The van der Waals surface area contributed by atoms with Crippen LogP contribution in [-0.2, 0) is 9.59 Å². The quantitative estimate of drug-likeness (QED) is 0.491. The van der Waals surface area contributed by atoms with Crippen molar-refractivity contribution in [1.29, 1.82) is 0 Å². The van der Waals surface area contributed by atoms with Gasteiger partial charge in [-0.05, 0) is 19.3 Å². The zero-order valence-corrected chi connectivity index (χ0v) is 8.78. The van der Waals surface area contributed by atoms with Crippen LogP contribution >= 0.6 is 0 Å².